The maximum Gasteiger partial charge on any atom is 0.275 e. The van der Waals surface area contributed by atoms with Gasteiger partial charge in [0, 0.05) is 16.8 Å². The Kier molecular flexibility index (Phi) is 4.80. The van der Waals surface area contributed by atoms with E-state index in [9.17, 15) is 9.00 Å². The van der Waals surface area contributed by atoms with E-state index in [-0.39, 0.29) is 23.5 Å². The van der Waals surface area contributed by atoms with Crippen molar-refractivity contribution in [2.75, 3.05) is 5.32 Å². The van der Waals surface area contributed by atoms with Gasteiger partial charge in [0.25, 0.3) is 5.91 Å². The van der Waals surface area contributed by atoms with Gasteiger partial charge < -0.3 is 16.4 Å². The summed E-state index contributed by atoms with van der Waals surface area (Å²) in [6, 6.07) is 15.5. The first-order chi connectivity index (χ1) is 12.0. The summed E-state index contributed by atoms with van der Waals surface area (Å²) in [5, 5.41) is 5.82. The first-order valence-corrected chi connectivity index (χ1v) is 8.76. The molecule has 1 aliphatic rings. The van der Waals surface area contributed by atoms with E-state index in [0.29, 0.717) is 10.6 Å². The van der Waals surface area contributed by atoms with Crippen LogP contribution in [-0.4, -0.2) is 16.3 Å². The number of para-hydroxylation sites is 1. The quantitative estimate of drug-likeness (QED) is 0.537. The molecule has 0 spiro atoms. The van der Waals surface area contributed by atoms with Crippen LogP contribution < -0.4 is 16.4 Å². The van der Waals surface area contributed by atoms with Crippen molar-refractivity contribution < 1.29 is 9.00 Å². The zero-order chi connectivity index (χ0) is 17.8. The number of nitrogens with two attached hydrogens (primary N) is 1. The van der Waals surface area contributed by atoms with E-state index in [1.54, 1.807) is 42.6 Å². The molecule has 1 heterocycles. The Morgan fingerprint density at radius 2 is 1.84 bits per heavy atom. The van der Waals surface area contributed by atoms with Gasteiger partial charge in [-0.2, -0.15) is 0 Å². The van der Waals surface area contributed by atoms with Crippen LogP contribution in [0.1, 0.15) is 11.6 Å². The highest BCUT2D eigenvalue weighted by Crippen LogP contribution is 2.19. The number of nitrogens with zero attached hydrogens (tertiary/aromatic N) is 1. The Morgan fingerprint density at radius 1 is 1.16 bits per heavy atom. The summed E-state index contributed by atoms with van der Waals surface area (Å²) in [4.78, 5) is 17.0. The number of carbonyl (C=O) groups is 1. The van der Waals surface area contributed by atoms with Crippen molar-refractivity contribution in [2.24, 2.45) is 10.7 Å². The number of hydrogen-bond acceptors (Lipinski definition) is 6. The third-order valence-electron chi connectivity index (χ3n) is 3.66. The standard InChI is InChI=1S/C17H17N5O2S/c18-16-15(17(23)21-12-4-2-1-3-5-12)22-14(10-20-16)11-6-8-13(9-7-11)25(19)24/h1-10,14,19,22,25H,18H2,(H,21,23). The maximum absolute atomic E-state index is 12.4. The number of amides is 1. The van der Waals surface area contributed by atoms with Crippen molar-refractivity contribution in [3.05, 3.63) is 71.7 Å². The second kappa shape index (κ2) is 7.18. The lowest BCUT2D eigenvalue weighted by atomic mass is 10.1. The average Bonchev–Trinajstić information content (AvgIpc) is 2.63. The molecule has 0 aliphatic carbocycles. The molecule has 0 fully saturated rings. The van der Waals surface area contributed by atoms with Crippen molar-refractivity contribution in [1.29, 1.82) is 4.78 Å². The summed E-state index contributed by atoms with van der Waals surface area (Å²) in [6.45, 7) is 0. The van der Waals surface area contributed by atoms with Gasteiger partial charge >= 0.3 is 0 Å². The SMILES string of the molecule is N=[SH](=O)c1ccc(C2C=NC(N)=C(C(=O)Nc3ccccc3)N2)cc1. The molecule has 2 atom stereocenters. The number of anilines is 1. The molecule has 7 nitrogen and oxygen atoms in total. The van der Waals surface area contributed by atoms with E-state index in [0.717, 1.165) is 5.56 Å². The first-order valence-electron chi connectivity index (χ1n) is 7.50. The molecule has 25 heavy (non-hydrogen) atoms. The molecule has 5 N–H and O–H groups in total. The van der Waals surface area contributed by atoms with Crippen LogP contribution in [0.5, 0.6) is 0 Å². The normalized spacial score (nSPS) is 17.7. The van der Waals surface area contributed by atoms with Gasteiger partial charge in [0.15, 0.2) is 5.82 Å². The number of nitrogens with one attached hydrogen (secondary N) is 3. The Hall–Kier alpha value is -3.13. The van der Waals surface area contributed by atoms with E-state index < -0.39 is 10.6 Å². The third-order valence-corrected chi connectivity index (χ3v) is 4.43. The van der Waals surface area contributed by atoms with Crippen LogP contribution in [0.2, 0.25) is 0 Å². The molecule has 128 valence electrons. The lowest BCUT2D eigenvalue weighted by molar-refractivity contribution is -0.113. The summed E-state index contributed by atoms with van der Waals surface area (Å²) in [5.41, 5.74) is 7.50. The summed E-state index contributed by atoms with van der Waals surface area (Å²) in [6.07, 6.45) is 1.60. The maximum atomic E-state index is 12.4. The Balaban J connectivity index is 1.77. The Morgan fingerprint density at radius 3 is 2.48 bits per heavy atom. The smallest absolute Gasteiger partial charge is 0.275 e. The second-order valence-corrected chi connectivity index (χ2v) is 6.47. The van der Waals surface area contributed by atoms with Crippen molar-refractivity contribution in [2.45, 2.75) is 10.9 Å². The molecule has 8 heteroatoms. The largest absolute Gasteiger partial charge is 0.382 e. The van der Waals surface area contributed by atoms with Crippen molar-refractivity contribution in [3.8, 4) is 0 Å². The highest BCUT2D eigenvalue weighted by molar-refractivity contribution is 7.73. The predicted molar refractivity (Wildman–Crippen MR) is 97.6 cm³/mol. The number of aliphatic imine (C=N–C) groups is 1. The minimum atomic E-state index is -2.13. The zero-order valence-electron chi connectivity index (χ0n) is 13.1. The number of benzene rings is 2. The molecule has 2 unspecified atom stereocenters. The molecule has 0 saturated heterocycles. The van der Waals surface area contributed by atoms with Crippen LogP contribution in [0.15, 0.2) is 76.0 Å². The highest BCUT2D eigenvalue weighted by Gasteiger charge is 2.22. The van der Waals surface area contributed by atoms with Crippen molar-refractivity contribution >= 4 is 28.4 Å². The number of hydrogen-bond donors (Lipinski definition) is 5. The lowest BCUT2D eigenvalue weighted by Crippen LogP contribution is -2.35. The summed E-state index contributed by atoms with van der Waals surface area (Å²) in [5.74, 6) is -0.271. The van der Waals surface area contributed by atoms with Gasteiger partial charge in [-0.05, 0) is 29.8 Å². The molecule has 2 aromatic rings. The van der Waals surface area contributed by atoms with Crippen LogP contribution in [0.4, 0.5) is 5.69 Å². The van der Waals surface area contributed by atoms with Gasteiger partial charge in [-0.15, -0.1) is 0 Å². The van der Waals surface area contributed by atoms with E-state index in [1.807, 2.05) is 18.2 Å². The molecule has 0 saturated carbocycles. The Labute approximate surface area is 146 Å². The van der Waals surface area contributed by atoms with Crippen LogP contribution in [-0.2, 0) is 15.4 Å². The van der Waals surface area contributed by atoms with E-state index in [1.165, 1.54) is 0 Å². The number of carbonyl (C=O) groups excluding carboxylic acids is 1. The average molecular weight is 355 g/mol. The summed E-state index contributed by atoms with van der Waals surface area (Å²) in [7, 11) is -2.13. The fourth-order valence-corrected chi connectivity index (χ4v) is 2.79. The fraction of sp³-hybridized carbons (Fsp3) is 0.0588. The van der Waals surface area contributed by atoms with Gasteiger partial charge in [0.2, 0.25) is 0 Å². The summed E-state index contributed by atoms with van der Waals surface area (Å²) < 4.78 is 18.4. The van der Waals surface area contributed by atoms with E-state index in [2.05, 4.69) is 15.6 Å². The monoisotopic (exact) mass is 355 g/mol. The van der Waals surface area contributed by atoms with Crippen LogP contribution in [0, 0.1) is 4.78 Å². The Bertz CT molecular complexity index is 910. The molecule has 1 amide bonds. The molecule has 3 rings (SSSR count). The van der Waals surface area contributed by atoms with Crippen LogP contribution in [0.3, 0.4) is 0 Å². The fourth-order valence-electron chi connectivity index (χ4n) is 2.37. The van der Waals surface area contributed by atoms with Crippen molar-refractivity contribution in [3.63, 3.8) is 0 Å². The van der Waals surface area contributed by atoms with Gasteiger partial charge in [-0.25, -0.2) is 9.20 Å². The minimum absolute atomic E-state index is 0.107. The first kappa shape index (κ1) is 16.7. The van der Waals surface area contributed by atoms with Crippen molar-refractivity contribution in [1.82, 2.24) is 5.32 Å². The third kappa shape index (κ3) is 3.86. The molecule has 0 bridgehead atoms. The number of rotatable bonds is 4. The summed E-state index contributed by atoms with van der Waals surface area (Å²) >= 11 is 0. The van der Waals surface area contributed by atoms with Gasteiger partial charge in [0.1, 0.15) is 5.70 Å². The van der Waals surface area contributed by atoms with E-state index in [4.69, 9.17) is 10.5 Å². The number of thiol groups is 1. The highest BCUT2D eigenvalue weighted by atomic mass is 32.2. The second-order valence-electron chi connectivity index (χ2n) is 5.37. The van der Waals surface area contributed by atoms with Crippen LogP contribution >= 0.6 is 0 Å². The van der Waals surface area contributed by atoms with Gasteiger partial charge in [0.05, 0.1) is 16.6 Å². The molecular formula is C17H17N5O2S. The lowest BCUT2D eigenvalue weighted by Gasteiger charge is -2.22. The molecule has 1 aliphatic heterocycles. The van der Waals surface area contributed by atoms with E-state index >= 15 is 0 Å². The molecule has 0 aromatic heterocycles. The van der Waals surface area contributed by atoms with Gasteiger partial charge in [-0.3, -0.25) is 9.57 Å². The predicted octanol–water partition coefficient (Wildman–Crippen LogP) is 1.77. The van der Waals surface area contributed by atoms with Crippen LogP contribution in [0.25, 0.3) is 0 Å². The van der Waals surface area contributed by atoms with Gasteiger partial charge in [-0.1, -0.05) is 30.3 Å². The molecular weight excluding hydrogens is 338 g/mol. The molecule has 2 aromatic carbocycles. The molecule has 0 radical (unpaired) electrons. The topological polar surface area (TPSA) is 120 Å². The minimum Gasteiger partial charge on any atom is -0.382 e. The zero-order valence-corrected chi connectivity index (χ0v) is 14.0.